The number of aromatic nitrogens is 2. The second-order valence-electron chi connectivity index (χ2n) is 4.97. The van der Waals surface area contributed by atoms with Gasteiger partial charge in [-0.05, 0) is 18.1 Å². The second-order valence-corrected chi connectivity index (χ2v) is 6.11. The summed E-state index contributed by atoms with van der Waals surface area (Å²) in [6.45, 7) is 0.245. The summed E-state index contributed by atoms with van der Waals surface area (Å²) in [5.41, 5.74) is 2.29. The van der Waals surface area contributed by atoms with Gasteiger partial charge in [-0.15, -0.1) is 11.8 Å². The van der Waals surface area contributed by atoms with Crippen LogP contribution in [0.3, 0.4) is 0 Å². The fourth-order valence-corrected chi connectivity index (χ4v) is 3.57. The van der Waals surface area contributed by atoms with Gasteiger partial charge in [0.2, 0.25) is 5.91 Å². The van der Waals surface area contributed by atoms with E-state index < -0.39 is 0 Å². The average Bonchev–Trinajstić information content (AvgIpc) is 2.94. The number of fused-ring (bicyclic) bond motifs is 1. The van der Waals surface area contributed by atoms with E-state index in [2.05, 4.69) is 40.0 Å². The van der Waals surface area contributed by atoms with Crippen molar-refractivity contribution >= 4 is 23.4 Å². The predicted molar refractivity (Wildman–Crippen MR) is 84.4 cm³/mol. The van der Waals surface area contributed by atoms with Gasteiger partial charge in [-0.3, -0.25) is 9.48 Å². The topological polar surface area (TPSA) is 59.0 Å². The third-order valence-corrected chi connectivity index (χ3v) is 4.64. The summed E-state index contributed by atoms with van der Waals surface area (Å²) < 4.78 is 1.64. The molecule has 1 amide bonds. The molecule has 0 radical (unpaired) electrons. The Labute approximate surface area is 128 Å². The lowest BCUT2D eigenvalue weighted by atomic mass is 10.0. The van der Waals surface area contributed by atoms with Crippen molar-refractivity contribution in [2.24, 2.45) is 0 Å². The van der Waals surface area contributed by atoms with Gasteiger partial charge >= 0.3 is 0 Å². The maximum absolute atomic E-state index is 11.3. The Morgan fingerprint density at radius 1 is 1.48 bits per heavy atom. The van der Waals surface area contributed by atoms with E-state index >= 15 is 0 Å². The number of hydrogen-bond acceptors (Lipinski definition) is 4. The van der Waals surface area contributed by atoms with E-state index in [0.717, 1.165) is 17.9 Å². The number of anilines is 1. The van der Waals surface area contributed by atoms with Crippen LogP contribution < -0.4 is 10.6 Å². The molecule has 0 bridgehead atoms. The maximum atomic E-state index is 11.3. The van der Waals surface area contributed by atoms with Gasteiger partial charge in [-0.2, -0.15) is 5.10 Å². The SMILES string of the molecule is CNC(=O)Cn1cc(NC2CCSc3ccccc32)cn1. The number of benzene rings is 1. The Bertz CT molecular complexity index is 640. The first-order valence-electron chi connectivity index (χ1n) is 6.97. The van der Waals surface area contributed by atoms with Crippen LogP contribution in [0, 0.1) is 0 Å². The molecule has 1 atom stereocenters. The van der Waals surface area contributed by atoms with Crippen molar-refractivity contribution in [2.75, 3.05) is 18.1 Å². The van der Waals surface area contributed by atoms with Crippen LogP contribution in [0.4, 0.5) is 5.69 Å². The molecular weight excluding hydrogens is 284 g/mol. The Hall–Kier alpha value is -1.95. The predicted octanol–water partition coefficient (Wildman–Crippen LogP) is 2.28. The van der Waals surface area contributed by atoms with Crippen molar-refractivity contribution in [1.82, 2.24) is 15.1 Å². The Balaban J connectivity index is 1.72. The van der Waals surface area contributed by atoms with Crippen LogP contribution in [0.2, 0.25) is 0 Å². The van der Waals surface area contributed by atoms with E-state index in [0.29, 0.717) is 6.04 Å². The Morgan fingerprint density at radius 2 is 2.33 bits per heavy atom. The molecule has 2 N–H and O–H groups in total. The highest BCUT2D eigenvalue weighted by Crippen LogP contribution is 2.37. The largest absolute Gasteiger partial charge is 0.376 e. The summed E-state index contributed by atoms with van der Waals surface area (Å²) in [7, 11) is 1.63. The molecule has 0 saturated heterocycles. The molecule has 0 fully saturated rings. The molecule has 1 aliphatic heterocycles. The van der Waals surface area contributed by atoms with Gasteiger partial charge in [0.1, 0.15) is 6.54 Å². The highest BCUT2D eigenvalue weighted by molar-refractivity contribution is 7.99. The maximum Gasteiger partial charge on any atom is 0.241 e. The summed E-state index contributed by atoms with van der Waals surface area (Å²) in [4.78, 5) is 12.7. The van der Waals surface area contributed by atoms with E-state index in [1.54, 1.807) is 17.9 Å². The number of nitrogens with zero attached hydrogens (tertiary/aromatic N) is 2. The smallest absolute Gasteiger partial charge is 0.241 e. The van der Waals surface area contributed by atoms with Crippen LogP contribution >= 0.6 is 11.8 Å². The minimum Gasteiger partial charge on any atom is -0.376 e. The molecule has 6 heteroatoms. The molecule has 2 heterocycles. The van der Waals surface area contributed by atoms with Gasteiger partial charge in [0.05, 0.1) is 17.9 Å². The third kappa shape index (κ3) is 3.21. The van der Waals surface area contributed by atoms with Crippen molar-refractivity contribution in [3.63, 3.8) is 0 Å². The first-order valence-corrected chi connectivity index (χ1v) is 7.96. The summed E-state index contributed by atoms with van der Waals surface area (Å²) in [5.74, 6) is 1.06. The van der Waals surface area contributed by atoms with Gasteiger partial charge in [0, 0.05) is 23.9 Å². The number of nitrogens with one attached hydrogen (secondary N) is 2. The molecule has 0 saturated carbocycles. The normalized spacial score (nSPS) is 17.1. The summed E-state index contributed by atoms with van der Waals surface area (Å²) in [6.07, 6.45) is 4.73. The van der Waals surface area contributed by atoms with Gasteiger partial charge in [0.15, 0.2) is 0 Å². The fraction of sp³-hybridized carbons (Fsp3) is 0.333. The lowest BCUT2D eigenvalue weighted by molar-refractivity contribution is -0.121. The molecule has 21 heavy (non-hydrogen) atoms. The van der Waals surface area contributed by atoms with Crippen molar-refractivity contribution in [2.45, 2.75) is 23.9 Å². The van der Waals surface area contributed by atoms with Gasteiger partial charge in [-0.25, -0.2) is 0 Å². The average molecular weight is 302 g/mol. The summed E-state index contributed by atoms with van der Waals surface area (Å²) in [6, 6.07) is 8.81. The third-order valence-electron chi connectivity index (χ3n) is 3.52. The van der Waals surface area contributed by atoms with E-state index in [4.69, 9.17) is 0 Å². The van der Waals surface area contributed by atoms with Crippen LogP contribution in [0.25, 0.3) is 0 Å². The number of amides is 1. The molecule has 0 aliphatic carbocycles. The molecule has 1 aromatic carbocycles. The first kappa shape index (κ1) is 14.0. The first-order chi connectivity index (χ1) is 10.3. The number of likely N-dealkylation sites (N-methyl/N-ethyl adjacent to an activating group) is 1. The highest BCUT2D eigenvalue weighted by atomic mass is 32.2. The van der Waals surface area contributed by atoms with Gasteiger partial charge < -0.3 is 10.6 Å². The number of thioether (sulfide) groups is 1. The monoisotopic (exact) mass is 302 g/mol. The van der Waals surface area contributed by atoms with Gasteiger partial charge in [0.25, 0.3) is 0 Å². The van der Waals surface area contributed by atoms with Crippen LogP contribution in [0.1, 0.15) is 18.0 Å². The fourth-order valence-electron chi connectivity index (χ4n) is 2.44. The number of hydrogen-bond donors (Lipinski definition) is 2. The molecule has 3 rings (SSSR count). The second kappa shape index (κ2) is 6.22. The quantitative estimate of drug-likeness (QED) is 0.909. The molecule has 2 aromatic rings. The van der Waals surface area contributed by atoms with Crippen molar-refractivity contribution < 1.29 is 4.79 Å². The van der Waals surface area contributed by atoms with E-state index in [1.807, 2.05) is 18.0 Å². The molecule has 1 aromatic heterocycles. The van der Waals surface area contributed by atoms with E-state index in [9.17, 15) is 4.79 Å². The number of carbonyl (C=O) groups excluding carboxylic acids is 1. The zero-order valence-electron chi connectivity index (χ0n) is 11.9. The van der Waals surface area contributed by atoms with E-state index in [-0.39, 0.29) is 12.5 Å². The lowest BCUT2D eigenvalue weighted by Gasteiger charge is -2.26. The lowest BCUT2D eigenvalue weighted by Crippen LogP contribution is -2.23. The Kier molecular flexibility index (Phi) is 4.15. The summed E-state index contributed by atoms with van der Waals surface area (Å²) >= 11 is 1.91. The van der Waals surface area contributed by atoms with Crippen LogP contribution in [0.5, 0.6) is 0 Å². The molecule has 1 aliphatic rings. The van der Waals surface area contributed by atoms with Gasteiger partial charge in [-0.1, -0.05) is 18.2 Å². The molecular formula is C15H18N4OS. The zero-order valence-corrected chi connectivity index (χ0v) is 12.7. The van der Waals surface area contributed by atoms with Crippen LogP contribution in [0.15, 0.2) is 41.6 Å². The molecule has 5 nitrogen and oxygen atoms in total. The number of rotatable bonds is 4. The molecule has 0 spiro atoms. The highest BCUT2D eigenvalue weighted by Gasteiger charge is 2.20. The zero-order chi connectivity index (χ0) is 14.7. The van der Waals surface area contributed by atoms with Crippen molar-refractivity contribution in [3.05, 3.63) is 42.2 Å². The van der Waals surface area contributed by atoms with Crippen molar-refractivity contribution in [3.8, 4) is 0 Å². The van der Waals surface area contributed by atoms with Crippen LogP contribution in [-0.4, -0.2) is 28.5 Å². The minimum atomic E-state index is -0.0518. The van der Waals surface area contributed by atoms with Crippen molar-refractivity contribution in [1.29, 1.82) is 0 Å². The number of carbonyl (C=O) groups is 1. The standard InChI is InChI=1S/C15H18N4OS/c1-16-15(20)10-19-9-11(8-17-19)18-13-6-7-21-14-5-3-2-4-12(13)14/h2-5,8-9,13,18H,6-7,10H2,1H3,(H,16,20). The minimum absolute atomic E-state index is 0.0518. The Morgan fingerprint density at radius 3 is 3.19 bits per heavy atom. The molecule has 1 unspecified atom stereocenters. The van der Waals surface area contributed by atoms with E-state index in [1.165, 1.54) is 10.5 Å². The van der Waals surface area contributed by atoms with Crippen LogP contribution in [-0.2, 0) is 11.3 Å². The summed E-state index contributed by atoms with van der Waals surface area (Å²) in [5, 5.41) is 10.3. The molecule has 110 valence electrons.